The van der Waals surface area contributed by atoms with E-state index in [0.717, 1.165) is 18.6 Å². The molecule has 5 nitrogen and oxygen atoms in total. The third-order valence-corrected chi connectivity index (χ3v) is 3.03. The summed E-state index contributed by atoms with van der Waals surface area (Å²) < 4.78 is 5.64. The summed E-state index contributed by atoms with van der Waals surface area (Å²) in [5.74, 6) is 1.43. The molecule has 1 aromatic heterocycles. The lowest BCUT2D eigenvalue weighted by Crippen LogP contribution is -1.99. The van der Waals surface area contributed by atoms with Crippen LogP contribution in [0.2, 0.25) is 5.02 Å². The van der Waals surface area contributed by atoms with E-state index in [1.54, 1.807) is 12.1 Å². The molecule has 19 heavy (non-hydrogen) atoms. The summed E-state index contributed by atoms with van der Waals surface area (Å²) in [7, 11) is 0. The molecule has 0 saturated carbocycles. The molecule has 1 aromatic carbocycles. The Labute approximate surface area is 115 Å². The van der Waals surface area contributed by atoms with Gasteiger partial charge in [0.2, 0.25) is 0 Å². The van der Waals surface area contributed by atoms with Crippen LogP contribution >= 0.6 is 11.6 Å². The topological polar surface area (TPSA) is 82.3 Å². The fourth-order valence-electron chi connectivity index (χ4n) is 1.75. The molecule has 0 bridgehead atoms. The summed E-state index contributed by atoms with van der Waals surface area (Å²) in [5, 5.41) is 10.9. The molecule has 0 aliphatic heterocycles. The quantitative estimate of drug-likeness (QED) is 0.672. The van der Waals surface area contributed by atoms with E-state index < -0.39 is 4.92 Å². The highest BCUT2D eigenvalue weighted by Crippen LogP contribution is 2.32. The molecule has 2 aromatic rings. The summed E-state index contributed by atoms with van der Waals surface area (Å²) >= 11 is 6.04. The number of benzene rings is 1. The van der Waals surface area contributed by atoms with Gasteiger partial charge in [-0.05, 0) is 31.2 Å². The Kier molecular flexibility index (Phi) is 4.19. The van der Waals surface area contributed by atoms with Gasteiger partial charge in [0, 0.05) is 24.1 Å². The van der Waals surface area contributed by atoms with Gasteiger partial charge in [-0.2, -0.15) is 0 Å². The van der Waals surface area contributed by atoms with E-state index in [-0.39, 0.29) is 5.69 Å². The molecule has 2 rings (SSSR count). The maximum absolute atomic E-state index is 10.6. The number of hydrogen-bond acceptors (Lipinski definition) is 4. The van der Waals surface area contributed by atoms with Crippen LogP contribution in [-0.2, 0) is 6.42 Å². The van der Waals surface area contributed by atoms with E-state index in [4.69, 9.17) is 21.8 Å². The SMILES string of the molecule is NCCCc1ccc(-c2ccc([N+](=O)[O-])cc2Cl)o1. The minimum absolute atomic E-state index is 0.0383. The Balaban J connectivity index is 2.26. The van der Waals surface area contributed by atoms with Crippen molar-refractivity contribution < 1.29 is 9.34 Å². The predicted octanol–water partition coefficient (Wildman–Crippen LogP) is 3.40. The highest BCUT2D eigenvalue weighted by molar-refractivity contribution is 6.33. The molecule has 0 radical (unpaired) electrons. The number of halogens is 1. The number of furan rings is 1. The van der Waals surface area contributed by atoms with E-state index in [0.29, 0.717) is 22.9 Å². The van der Waals surface area contributed by atoms with Gasteiger partial charge in [-0.1, -0.05) is 11.6 Å². The number of nitro benzene ring substituents is 1. The highest BCUT2D eigenvalue weighted by atomic mass is 35.5. The minimum Gasteiger partial charge on any atom is -0.461 e. The molecule has 0 atom stereocenters. The van der Waals surface area contributed by atoms with E-state index >= 15 is 0 Å². The normalized spacial score (nSPS) is 10.6. The second-order valence-electron chi connectivity index (χ2n) is 4.08. The summed E-state index contributed by atoms with van der Waals surface area (Å²) in [6.07, 6.45) is 1.61. The second-order valence-corrected chi connectivity index (χ2v) is 4.49. The van der Waals surface area contributed by atoms with Crippen LogP contribution in [0, 0.1) is 10.1 Å². The number of rotatable bonds is 5. The van der Waals surface area contributed by atoms with Gasteiger partial charge in [0.1, 0.15) is 11.5 Å². The van der Waals surface area contributed by atoms with E-state index in [9.17, 15) is 10.1 Å². The van der Waals surface area contributed by atoms with Crippen molar-refractivity contribution in [3.05, 3.63) is 51.2 Å². The van der Waals surface area contributed by atoms with E-state index in [1.807, 2.05) is 6.07 Å². The number of nitrogens with two attached hydrogens (primary N) is 1. The van der Waals surface area contributed by atoms with Crippen LogP contribution < -0.4 is 5.73 Å². The maximum Gasteiger partial charge on any atom is 0.270 e. The summed E-state index contributed by atoms with van der Waals surface area (Å²) in [5.41, 5.74) is 6.04. The number of aryl methyl sites for hydroxylation is 1. The number of non-ortho nitro benzene ring substituents is 1. The first-order valence-electron chi connectivity index (χ1n) is 5.85. The van der Waals surface area contributed by atoms with Gasteiger partial charge in [-0.25, -0.2) is 0 Å². The Morgan fingerprint density at radius 2 is 2.11 bits per heavy atom. The fraction of sp³-hybridized carbons (Fsp3) is 0.231. The van der Waals surface area contributed by atoms with Gasteiger partial charge in [-0.3, -0.25) is 10.1 Å². The lowest BCUT2D eigenvalue weighted by Gasteiger charge is -2.01. The molecule has 0 aliphatic carbocycles. The number of nitro groups is 1. The van der Waals surface area contributed by atoms with Gasteiger partial charge in [-0.15, -0.1) is 0 Å². The molecular weight excluding hydrogens is 268 g/mol. The van der Waals surface area contributed by atoms with Crippen LogP contribution in [0.25, 0.3) is 11.3 Å². The van der Waals surface area contributed by atoms with Crippen LogP contribution in [0.3, 0.4) is 0 Å². The fourth-order valence-corrected chi connectivity index (χ4v) is 2.02. The molecule has 0 aliphatic rings. The molecule has 0 amide bonds. The van der Waals surface area contributed by atoms with Crippen LogP contribution in [-0.4, -0.2) is 11.5 Å². The third kappa shape index (κ3) is 3.13. The van der Waals surface area contributed by atoms with Crippen LogP contribution in [0.5, 0.6) is 0 Å². The zero-order chi connectivity index (χ0) is 13.8. The zero-order valence-corrected chi connectivity index (χ0v) is 10.9. The number of nitrogens with zero attached hydrogens (tertiary/aromatic N) is 1. The molecule has 2 N–H and O–H groups in total. The van der Waals surface area contributed by atoms with Gasteiger partial charge < -0.3 is 10.2 Å². The standard InChI is InChI=1S/C13H13ClN2O3/c14-12-8-9(16(17)18)3-5-11(12)13-6-4-10(19-13)2-1-7-15/h3-6,8H,1-2,7,15H2. The average molecular weight is 281 g/mol. The third-order valence-electron chi connectivity index (χ3n) is 2.72. The van der Waals surface area contributed by atoms with Crippen LogP contribution in [0.1, 0.15) is 12.2 Å². The van der Waals surface area contributed by atoms with E-state index in [1.165, 1.54) is 12.1 Å². The Bertz CT molecular complexity index is 595. The Morgan fingerprint density at radius 1 is 1.32 bits per heavy atom. The van der Waals surface area contributed by atoms with Crippen molar-refractivity contribution in [2.45, 2.75) is 12.8 Å². The van der Waals surface area contributed by atoms with Crippen LogP contribution in [0.4, 0.5) is 5.69 Å². The summed E-state index contributed by atoms with van der Waals surface area (Å²) in [6.45, 7) is 0.605. The molecule has 100 valence electrons. The van der Waals surface area contributed by atoms with Crippen molar-refractivity contribution in [1.82, 2.24) is 0 Å². The minimum atomic E-state index is -0.482. The predicted molar refractivity (Wildman–Crippen MR) is 73.2 cm³/mol. The molecule has 6 heteroatoms. The summed E-state index contributed by atoms with van der Waals surface area (Å²) in [4.78, 5) is 10.2. The van der Waals surface area contributed by atoms with Gasteiger partial charge >= 0.3 is 0 Å². The molecule has 0 spiro atoms. The lowest BCUT2D eigenvalue weighted by atomic mass is 10.1. The monoisotopic (exact) mass is 280 g/mol. The van der Waals surface area contributed by atoms with Crippen LogP contribution in [0.15, 0.2) is 34.7 Å². The first-order chi connectivity index (χ1) is 9.11. The van der Waals surface area contributed by atoms with Crippen molar-refractivity contribution >= 4 is 17.3 Å². The molecule has 1 heterocycles. The molecule has 0 fully saturated rings. The smallest absolute Gasteiger partial charge is 0.270 e. The van der Waals surface area contributed by atoms with Crippen molar-refractivity contribution in [1.29, 1.82) is 0 Å². The average Bonchev–Trinajstić information content (AvgIpc) is 2.84. The molecular formula is C13H13ClN2O3. The lowest BCUT2D eigenvalue weighted by molar-refractivity contribution is -0.384. The Hall–Kier alpha value is -1.85. The molecule has 0 unspecified atom stereocenters. The second kappa shape index (κ2) is 5.86. The Morgan fingerprint density at radius 3 is 2.74 bits per heavy atom. The van der Waals surface area contributed by atoms with Crippen molar-refractivity contribution in [3.63, 3.8) is 0 Å². The van der Waals surface area contributed by atoms with Crippen molar-refractivity contribution in [3.8, 4) is 11.3 Å². The van der Waals surface area contributed by atoms with Gasteiger partial charge in [0.15, 0.2) is 0 Å². The van der Waals surface area contributed by atoms with Gasteiger partial charge in [0.25, 0.3) is 5.69 Å². The number of hydrogen-bond donors (Lipinski definition) is 1. The van der Waals surface area contributed by atoms with Crippen molar-refractivity contribution in [2.24, 2.45) is 5.73 Å². The zero-order valence-electron chi connectivity index (χ0n) is 10.1. The first kappa shape index (κ1) is 13.6. The van der Waals surface area contributed by atoms with Crippen molar-refractivity contribution in [2.75, 3.05) is 6.54 Å². The maximum atomic E-state index is 10.6. The summed E-state index contributed by atoms with van der Waals surface area (Å²) in [6, 6.07) is 7.98. The molecule has 0 saturated heterocycles. The highest BCUT2D eigenvalue weighted by Gasteiger charge is 2.13. The van der Waals surface area contributed by atoms with E-state index in [2.05, 4.69) is 0 Å². The van der Waals surface area contributed by atoms with Gasteiger partial charge in [0.05, 0.1) is 9.95 Å². The first-order valence-corrected chi connectivity index (χ1v) is 6.22. The largest absolute Gasteiger partial charge is 0.461 e.